The molecule has 0 heterocycles. The molecule has 2 aromatic rings. The van der Waals surface area contributed by atoms with Gasteiger partial charge in [0.1, 0.15) is 12.4 Å². The van der Waals surface area contributed by atoms with Crippen LogP contribution in [0, 0.1) is 5.92 Å². The zero-order valence-corrected chi connectivity index (χ0v) is 15.3. The van der Waals surface area contributed by atoms with E-state index >= 15 is 0 Å². The van der Waals surface area contributed by atoms with Gasteiger partial charge in [0.15, 0.2) is 0 Å². The van der Waals surface area contributed by atoms with Crippen LogP contribution in [0.5, 0.6) is 5.75 Å². The molecule has 136 valence electrons. The van der Waals surface area contributed by atoms with Crippen LogP contribution in [0.3, 0.4) is 0 Å². The highest BCUT2D eigenvalue weighted by molar-refractivity contribution is 6.06. The molecule has 0 atom stereocenters. The summed E-state index contributed by atoms with van der Waals surface area (Å²) in [4.78, 5) is 24.4. The second-order valence-corrected chi connectivity index (χ2v) is 6.42. The SMILES string of the molecule is C=C(C)COc1ccccc1C(=O)Nc1cccc(NC(=O)C(C)C)c1. The number of carbonyl (C=O) groups is 2. The standard InChI is InChI=1S/C21H24N2O3/c1-14(2)13-26-19-11-6-5-10-18(19)21(25)23-17-9-7-8-16(12-17)22-20(24)15(3)4/h5-12,15H,1,13H2,2-4H3,(H,22,24)(H,23,25). The van der Waals surface area contributed by atoms with Crippen molar-refractivity contribution in [2.24, 2.45) is 5.92 Å². The number of nitrogens with one attached hydrogen (secondary N) is 2. The van der Waals surface area contributed by atoms with Crippen molar-refractivity contribution in [3.8, 4) is 5.75 Å². The van der Waals surface area contributed by atoms with Gasteiger partial charge in [0.05, 0.1) is 5.56 Å². The van der Waals surface area contributed by atoms with Crippen molar-refractivity contribution in [2.45, 2.75) is 20.8 Å². The zero-order valence-electron chi connectivity index (χ0n) is 15.3. The van der Waals surface area contributed by atoms with Crippen molar-refractivity contribution < 1.29 is 14.3 Å². The van der Waals surface area contributed by atoms with Gasteiger partial charge in [-0.3, -0.25) is 9.59 Å². The number of rotatable bonds is 7. The lowest BCUT2D eigenvalue weighted by molar-refractivity contribution is -0.118. The summed E-state index contributed by atoms with van der Waals surface area (Å²) in [7, 11) is 0. The highest BCUT2D eigenvalue weighted by Crippen LogP contribution is 2.22. The van der Waals surface area contributed by atoms with Crippen molar-refractivity contribution in [3.05, 3.63) is 66.2 Å². The van der Waals surface area contributed by atoms with E-state index in [-0.39, 0.29) is 17.7 Å². The molecule has 0 fully saturated rings. The highest BCUT2D eigenvalue weighted by Gasteiger charge is 2.13. The molecule has 0 aliphatic heterocycles. The molecule has 0 aromatic heterocycles. The highest BCUT2D eigenvalue weighted by atomic mass is 16.5. The number of hydrogen-bond acceptors (Lipinski definition) is 3. The monoisotopic (exact) mass is 352 g/mol. The molecule has 0 saturated carbocycles. The van der Waals surface area contributed by atoms with E-state index in [1.165, 1.54) is 0 Å². The van der Waals surface area contributed by atoms with Crippen LogP contribution < -0.4 is 15.4 Å². The summed E-state index contributed by atoms with van der Waals surface area (Å²) < 4.78 is 5.64. The molecule has 0 saturated heterocycles. The lowest BCUT2D eigenvalue weighted by Crippen LogP contribution is -2.18. The average Bonchev–Trinajstić information content (AvgIpc) is 2.60. The van der Waals surface area contributed by atoms with E-state index in [9.17, 15) is 9.59 Å². The minimum absolute atomic E-state index is 0.0768. The van der Waals surface area contributed by atoms with Gasteiger partial charge < -0.3 is 15.4 Å². The first kappa shape index (κ1) is 19.2. The normalized spacial score (nSPS) is 10.3. The molecule has 26 heavy (non-hydrogen) atoms. The molecule has 2 amide bonds. The minimum Gasteiger partial charge on any atom is -0.488 e. The van der Waals surface area contributed by atoms with E-state index < -0.39 is 0 Å². The van der Waals surface area contributed by atoms with E-state index in [2.05, 4.69) is 17.2 Å². The van der Waals surface area contributed by atoms with Crippen LogP contribution in [0.2, 0.25) is 0 Å². The van der Waals surface area contributed by atoms with Crippen molar-refractivity contribution in [1.29, 1.82) is 0 Å². The summed E-state index contributed by atoms with van der Waals surface area (Å²) in [6.45, 7) is 9.65. The predicted octanol–water partition coefficient (Wildman–Crippen LogP) is 4.49. The Balaban J connectivity index is 2.13. The Morgan fingerprint density at radius 3 is 2.35 bits per heavy atom. The molecule has 0 spiro atoms. The number of hydrogen-bond donors (Lipinski definition) is 2. The first-order valence-electron chi connectivity index (χ1n) is 8.45. The molecule has 0 aliphatic carbocycles. The van der Waals surface area contributed by atoms with E-state index in [1.54, 1.807) is 42.5 Å². The Hall–Kier alpha value is -3.08. The third-order valence-corrected chi connectivity index (χ3v) is 3.52. The van der Waals surface area contributed by atoms with E-state index in [1.807, 2.05) is 26.8 Å². The van der Waals surface area contributed by atoms with E-state index in [4.69, 9.17) is 4.74 Å². The van der Waals surface area contributed by atoms with Gasteiger partial charge in [-0.25, -0.2) is 0 Å². The van der Waals surface area contributed by atoms with Gasteiger partial charge in [-0.15, -0.1) is 0 Å². The molecule has 5 nitrogen and oxygen atoms in total. The van der Waals surface area contributed by atoms with Crippen molar-refractivity contribution in [2.75, 3.05) is 17.2 Å². The van der Waals surface area contributed by atoms with Crippen LogP contribution in [0.1, 0.15) is 31.1 Å². The largest absolute Gasteiger partial charge is 0.488 e. The maximum atomic E-state index is 12.6. The molecule has 0 radical (unpaired) electrons. The molecule has 0 unspecified atom stereocenters. The molecule has 0 bridgehead atoms. The number of ether oxygens (including phenoxy) is 1. The van der Waals surface area contributed by atoms with E-state index in [0.717, 1.165) is 5.57 Å². The zero-order chi connectivity index (χ0) is 19.1. The average molecular weight is 352 g/mol. The Morgan fingerprint density at radius 2 is 1.69 bits per heavy atom. The topological polar surface area (TPSA) is 67.4 Å². The van der Waals surface area contributed by atoms with Gasteiger partial charge >= 0.3 is 0 Å². The first-order chi connectivity index (χ1) is 12.4. The Morgan fingerprint density at radius 1 is 1.04 bits per heavy atom. The van der Waals surface area contributed by atoms with Crippen LogP contribution in [-0.4, -0.2) is 18.4 Å². The molecule has 0 aliphatic rings. The smallest absolute Gasteiger partial charge is 0.259 e. The minimum atomic E-state index is -0.283. The number of anilines is 2. The number of para-hydroxylation sites is 1. The predicted molar refractivity (Wildman–Crippen MR) is 105 cm³/mol. The first-order valence-corrected chi connectivity index (χ1v) is 8.45. The summed E-state index contributed by atoms with van der Waals surface area (Å²) in [5.74, 6) is 0.0181. The van der Waals surface area contributed by atoms with Gasteiger partial charge in [0.2, 0.25) is 5.91 Å². The van der Waals surface area contributed by atoms with Crippen LogP contribution in [0.25, 0.3) is 0 Å². The molecule has 5 heteroatoms. The molecule has 2 aromatic carbocycles. The summed E-state index contributed by atoms with van der Waals surface area (Å²) in [5, 5.41) is 5.65. The summed E-state index contributed by atoms with van der Waals surface area (Å²) >= 11 is 0. The quantitative estimate of drug-likeness (QED) is 0.722. The van der Waals surface area contributed by atoms with Crippen LogP contribution in [-0.2, 0) is 4.79 Å². The third kappa shape index (κ3) is 5.48. The Bertz CT molecular complexity index is 812. The molecular formula is C21H24N2O3. The molecule has 2 N–H and O–H groups in total. The van der Waals surface area contributed by atoms with Gasteiger partial charge in [0, 0.05) is 17.3 Å². The maximum absolute atomic E-state index is 12.6. The van der Waals surface area contributed by atoms with E-state index in [0.29, 0.717) is 29.3 Å². The Labute approximate surface area is 154 Å². The lowest BCUT2D eigenvalue weighted by atomic mass is 10.1. The molecule has 2 rings (SSSR count). The fourth-order valence-electron chi connectivity index (χ4n) is 2.14. The summed E-state index contributed by atoms with van der Waals surface area (Å²) in [6, 6.07) is 14.1. The summed E-state index contributed by atoms with van der Waals surface area (Å²) in [6.07, 6.45) is 0. The van der Waals surface area contributed by atoms with Crippen LogP contribution in [0.4, 0.5) is 11.4 Å². The van der Waals surface area contributed by atoms with Crippen molar-refractivity contribution >= 4 is 23.2 Å². The fraction of sp³-hybridized carbons (Fsp3) is 0.238. The second kappa shape index (κ2) is 8.85. The third-order valence-electron chi connectivity index (χ3n) is 3.52. The van der Waals surface area contributed by atoms with Gasteiger partial charge in [-0.1, -0.05) is 38.6 Å². The number of benzene rings is 2. The summed E-state index contributed by atoms with van der Waals surface area (Å²) in [5.41, 5.74) is 2.53. The lowest BCUT2D eigenvalue weighted by Gasteiger charge is -2.13. The van der Waals surface area contributed by atoms with Crippen LogP contribution >= 0.6 is 0 Å². The maximum Gasteiger partial charge on any atom is 0.259 e. The fourth-order valence-corrected chi connectivity index (χ4v) is 2.14. The van der Waals surface area contributed by atoms with Crippen LogP contribution in [0.15, 0.2) is 60.7 Å². The Kier molecular flexibility index (Phi) is 6.55. The molecular weight excluding hydrogens is 328 g/mol. The van der Waals surface area contributed by atoms with Gasteiger partial charge in [-0.05, 0) is 42.8 Å². The number of carbonyl (C=O) groups excluding carboxylic acids is 2. The van der Waals surface area contributed by atoms with Gasteiger partial charge in [-0.2, -0.15) is 0 Å². The van der Waals surface area contributed by atoms with Gasteiger partial charge in [0.25, 0.3) is 5.91 Å². The van der Waals surface area contributed by atoms with Crippen molar-refractivity contribution in [1.82, 2.24) is 0 Å². The number of amides is 2. The second-order valence-electron chi connectivity index (χ2n) is 6.42. The van der Waals surface area contributed by atoms with Crippen molar-refractivity contribution in [3.63, 3.8) is 0 Å².